The molecule has 0 bridgehead atoms. The van der Waals surface area contributed by atoms with Crippen LogP contribution in [-0.4, -0.2) is 22.4 Å². The molecule has 4 nitrogen and oxygen atoms in total. The standard InChI is InChI=1S/C10H13N3O/c1-7-8(6-11-14)2-5-10(12-7)13-9-3-4-9/h2,5-6,9,14H,3-4H2,1H3,(H,12,13)/b11-6-. The van der Waals surface area contributed by atoms with Crippen molar-refractivity contribution >= 4 is 12.0 Å². The van der Waals surface area contributed by atoms with E-state index in [9.17, 15) is 0 Å². The van der Waals surface area contributed by atoms with Gasteiger partial charge in [0.2, 0.25) is 0 Å². The van der Waals surface area contributed by atoms with Crippen LogP contribution >= 0.6 is 0 Å². The number of anilines is 1. The molecule has 74 valence electrons. The van der Waals surface area contributed by atoms with E-state index in [4.69, 9.17) is 5.21 Å². The van der Waals surface area contributed by atoms with Crippen molar-refractivity contribution in [3.8, 4) is 0 Å². The number of oxime groups is 1. The summed E-state index contributed by atoms with van der Waals surface area (Å²) in [6, 6.07) is 4.41. The van der Waals surface area contributed by atoms with E-state index in [0.717, 1.165) is 17.1 Å². The Morgan fingerprint density at radius 1 is 1.57 bits per heavy atom. The summed E-state index contributed by atoms with van der Waals surface area (Å²) in [5, 5.41) is 14.7. The summed E-state index contributed by atoms with van der Waals surface area (Å²) < 4.78 is 0. The first-order chi connectivity index (χ1) is 6.79. The highest BCUT2D eigenvalue weighted by atomic mass is 16.4. The third kappa shape index (κ3) is 2.02. The summed E-state index contributed by atoms with van der Waals surface area (Å²) in [4.78, 5) is 4.36. The number of aromatic nitrogens is 1. The molecule has 1 aliphatic carbocycles. The van der Waals surface area contributed by atoms with Crippen molar-refractivity contribution in [3.05, 3.63) is 23.4 Å². The fourth-order valence-electron chi connectivity index (χ4n) is 1.29. The van der Waals surface area contributed by atoms with Crippen LogP contribution in [0.25, 0.3) is 0 Å². The second-order valence-corrected chi connectivity index (χ2v) is 3.53. The third-order valence-corrected chi connectivity index (χ3v) is 2.25. The predicted octanol–water partition coefficient (Wildman–Crippen LogP) is 1.77. The van der Waals surface area contributed by atoms with E-state index >= 15 is 0 Å². The predicted molar refractivity (Wildman–Crippen MR) is 55.0 cm³/mol. The number of hydrogen-bond acceptors (Lipinski definition) is 4. The van der Waals surface area contributed by atoms with Crippen LogP contribution in [0.3, 0.4) is 0 Å². The lowest BCUT2D eigenvalue weighted by Gasteiger charge is -2.05. The van der Waals surface area contributed by atoms with Crippen LogP contribution in [0.1, 0.15) is 24.1 Å². The number of hydrogen-bond donors (Lipinski definition) is 2. The molecule has 0 unspecified atom stereocenters. The fourth-order valence-corrected chi connectivity index (χ4v) is 1.29. The molecule has 0 spiro atoms. The molecule has 1 aromatic heterocycles. The first kappa shape index (κ1) is 8.99. The van der Waals surface area contributed by atoms with Gasteiger partial charge in [0.1, 0.15) is 5.82 Å². The van der Waals surface area contributed by atoms with Crippen molar-refractivity contribution in [2.45, 2.75) is 25.8 Å². The molecule has 2 N–H and O–H groups in total. The van der Waals surface area contributed by atoms with Crippen LogP contribution in [0.5, 0.6) is 0 Å². The normalized spacial score (nSPS) is 16.1. The van der Waals surface area contributed by atoms with Crippen LogP contribution in [-0.2, 0) is 0 Å². The Morgan fingerprint density at radius 3 is 2.93 bits per heavy atom. The lowest BCUT2D eigenvalue weighted by atomic mass is 10.2. The van der Waals surface area contributed by atoms with Gasteiger partial charge in [-0.15, -0.1) is 0 Å². The second kappa shape index (κ2) is 3.65. The zero-order valence-corrected chi connectivity index (χ0v) is 8.07. The Labute approximate surface area is 82.7 Å². The second-order valence-electron chi connectivity index (χ2n) is 3.53. The molecule has 1 heterocycles. The van der Waals surface area contributed by atoms with Crippen LogP contribution in [0.4, 0.5) is 5.82 Å². The maximum Gasteiger partial charge on any atom is 0.126 e. The lowest BCUT2D eigenvalue weighted by Crippen LogP contribution is -2.04. The molecule has 0 aliphatic heterocycles. The largest absolute Gasteiger partial charge is 0.411 e. The van der Waals surface area contributed by atoms with Crippen molar-refractivity contribution in [2.75, 3.05) is 5.32 Å². The molecule has 0 amide bonds. The lowest BCUT2D eigenvalue weighted by molar-refractivity contribution is 0.322. The minimum absolute atomic E-state index is 0.610. The van der Waals surface area contributed by atoms with Gasteiger partial charge in [0.15, 0.2) is 0 Å². The van der Waals surface area contributed by atoms with Crippen molar-refractivity contribution in [1.82, 2.24) is 4.98 Å². The van der Waals surface area contributed by atoms with Crippen LogP contribution in [0.2, 0.25) is 0 Å². The van der Waals surface area contributed by atoms with E-state index in [-0.39, 0.29) is 0 Å². The van der Waals surface area contributed by atoms with Gasteiger partial charge in [-0.2, -0.15) is 0 Å². The molecule has 14 heavy (non-hydrogen) atoms. The molecular formula is C10H13N3O. The number of rotatable bonds is 3. The maximum atomic E-state index is 8.39. The Balaban J connectivity index is 2.16. The molecule has 0 radical (unpaired) electrons. The zero-order chi connectivity index (χ0) is 9.97. The maximum absolute atomic E-state index is 8.39. The van der Waals surface area contributed by atoms with Crippen LogP contribution in [0.15, 0.2) is 17.3 Å². The monoisotopic (exact) mass is 191 g/mol. The summed E-state index contributed by atoms with van der Waals surface area (Å²) in [5.41, 5.74) is 1.71. The van der Waals surface area contributed by atoms with Gasteiger partial charge >= 0.3 is 0 Å². The fraction of sp³-hybridized carbons (Fsp3) is 0.400. The molecule has 1 aliphatic rings. The van der Waals surface area contributed by atoms with Crippen molar-refractivity contribution in [3.63, 3.8) is 0 Å². The summed E-state index contributed by atoms with van der Waals surface area (Å²) >= 11 is 0. The van der Waals surface area contributed by atoms with Gasteiger partial charge < -0.3 is 10.5 Å². The Morgan fingerprint density at radius 2 is 2.36 bits per heavy atom. The summed E-state index contributed by atoms with van der Waals surface area (Å²) in [6.07, 6.45) is 3.87. The highest BCUT2D eigenvalue weighted by Gasteiger charge is 2.21. The van der Waals surface area contributed by atoms with Gasteiger partial charge in [-0.1, -0.05) is 5.16 Å². The van der Waals surface area contributed by atoms with E-state index in [1.54, 1.807) is 0 Å². The smallest absolute Gasteiger partial charge is 0.126 e. The van der Waals surface area contributed by atoms with Crippen LogP contribution < -0.4 is 5.32 Å². The Hall–Kier alpha value is -1.58. The molecule has 0 saturated heterocycles. The number of pyridine rings is 1. The highest BCUT2D eigenvalue weighted by molar-refractivity contribution is 5.80. The van der Waals surface area contributed by atoms with Crippen molar-refractivity contribution < 1.29 is 5.21 Å². The van der Waals surface area contributed by atoms with Gasteiger partial charge in [-0.3, -0.25) is 0 Å². The van der Waals surface area contributed by atoms with E-state index in [2.05, 4.69) is 15.5 Å². The summed E-state index contributed by atoms with van der Waals surface area (Å²) in [7, 11) is 0. The SMILES string of the molecule is Cc1nc(NC2CC2)ccc1/C=N\O. The van der Waals surface area contributed by atoms with Crippen molar-refractivity contribution in [1.29, 1.82) is 0 Å². The van der Waals surface area contributed by atoms with Crippen LogP contribution in [0, 0.1) is 6.92 Å². The molecule has 0 aromatic carbocycles. The first-order valence-electron chi connectivity index (χ1n) is 4.71. The first-order valence-corrected chi connectivity index (χ1v) is 4.71. The van der Waals surface area contributed by atoms with E-state index in [0.29, 0.717) is 6.04 Å². The quantitative estimate of drug-likeness (QED) is 0.435. The van der Waals surface area contributed by atoms with Gasteiger partial charge in [-0.25, -0.2) is 4.98 Å². The molecular weight excluding hydrogens is 178 g/mol. The Bertz CT molecular complexity index is 358. The zero-order valence-electron chi connectivity index (χ0n) is 8.07. The van der Waals surface area contributed by atoms with Gasteiger partial charge in [0.05, 0.1) is 6.21 Å². The average Bonchev–Trinajstić information content (AvgIpc) is 2.94. The highest BCUT2D eigenvalue weighted by Crippen LogP contribution is 2.23. The third-order valence-electron chi connectivity index (χ3n) is 2.25. The van der Waals surface area contributed by atoms with Gasteiger partial charge in [0, 0.05) is 17.3 Å². The van der Waals surface area contributed by atoms with Gasteiger partial charge in [0.25, 0.3) is 0 Å². The average molecular weight is 191 g/mol. The number of aryl methyl sites for hydroxylation is 1. The minimum Gasteiger partial charge on any atom is -0.411 e. The molecule has 4 heteroatoms. The topological polar surface area (TPSA) is 57.5 Å². The Kier molecular flexibility index (Phi) is 2.35. The molecule has 1 aromatic rings. The minimum atomic E-state index is 0.610. The summed E-state index contributed by atoms with van der Waals surface area (Å²) in [5.74, 6) is 0.903. The molecule has 2 rings (SSSR count). The summed E-state index contributed by atoms with van der Waals surface area (Å²) in [6.45, 7) is 1.90. The molecule has 0 atom stereocenters. The van der Waals surface area contributed by atoms with E-state index < -0.39 is 0 Å². The van der Waals surface area contributed by atoms with Gasteiger partial charge in [-0.05, 0) is 31.9 Å². The molecule has 1 fully saturated rings. The number of nitrogens with one attached hydrogen (secondary N) is 1. The van der Waals surface area contributed by atoms with E-state index in [1.165, 1.54) is 19.1 Å². The van der Waals surface area contributed by atoms with Crippen molar-refractivity contribution in [2.24, 2.45) is 5.16 Å². The van der Waals surface area contributed by atoms with E-state index in [1.807, 2.05) is 19.1 Å². The number of nitrogens with zero attached hydrogens (tertiary/aromatic N) is 2. The molecule has 1 saturated carbocycles.